The number of carbonyl (C=O) groups is 1. The number of halogens is 1. The van der Waals surface area contributed by atoms with E-state index in [9.17, 15) is 4.79 Å². The molecular weight excluding hydrogens is 240 g/mol. The third-order valence-corrected chi connectivity index (χ3v) is 3.37. The molecule has 0 saturated carbocycles. The third-order valence-electron chi connectivity index (χ3n) is 3.37. The lowest BCUT2D eigenvalue weighted by Crippen LogP contribution is -2.51. The highest BCUT2D eigenvalue weighted by Crippen LogP contribution is 2.36. The van der Waals surface area contributed by atoms with Crippen molar-refractivity contribution in [1.82, 2.24) is 4.90 Å². The molecule has 0 aromatic heterocycles. The Bertz CT molecular complexity index is 277. The zero-order valence-electron chi connectivity index (χ0n) is 10.8. The summed E-state index contributed by atoms with van der Waals surface area (Å²) in [5, 5.41) is 0. The van der Waals surface area contributed by atoms with Crippen LogP contribution in [-0.4, -0.2) is 34.7 Å². The summed E-state index contributed by atoms with van der Waals surface area (Å²) in [4.78, 5) is 14.0. The van der Waals surface area contributed by atoms with Crippen molar-refractivity contribution in [3.63, 3.8) is 0 Å². The summed E-state index contributed by atoms with van der Waals surface area (Å²) in [5.41, 5.74) is 5.56. The number of fused-ring (bicyclic) bond motifs is 2. The summed E-state index contributed by atoms with van der Waals surface area (Å²) >= 11 is 0. The van der Waals surface area contributed by atoms with Gasteiger partial charge in [-0.2, -0.15) is 0 Å². The second-order valence-electron chi connectivity index (χ2n) is 6.00. The number of rotatable bonds is 0. The van der Waals surface area contributed by atoms with E-state index in [1.54, 1.807) is 0 Å². The van der Waals surface area contributed by atoms with Gasteiger partial charge in [0.1, 0.15) is 5.60 Å². The van der Waals surface area contributed by atoms with Gasteiger partial charge in [0.05, 0.1) is 0 Å². The molecule has 5 heteroatoms. The molecule has 0 aromatic rings. The van der Waals surface area contributed by atoms with Crippen molar-refractivity contribution in [3.05, 3.63) is 0 Å². The second kappa shape index (κ2) is 5.02. The topological polar surface area (TPSA) is 55.6 Å². The molecule has 2 rings (SSSR count). The van der Waals surface area contributed by atoms with Crippen molar-refractivity contribution < 1.29 is 9.53 Å². The van der Waals surface area contributed by atoms with E-state index in [0.29, 0.717) is 12.1 Å². The van der Waals surface area contributed by atoms with Crippen molar-refractivity contribution in [2.75, 3.05) is 0 Å². The molecule has 2 atom stereocenters. The number of piperidine rings is 1. The molecule has 2 aliphatic rings. The predicted molar refractivity (Wildman–Crippen MR) is 69.3 cm³/mol. The van der Waals surface area contributed by atoms with Gasteiger partial charge in [-0.3, -0.25) is 0 Å². The average molecular weight is 263 g/mol. The van der Waals surface area contributed by atoms with Gasteiger partial charge >= 0.3 is 6.09 Å². The molecule has 2 saturated heterocycles. The van der Waals surface area contributed by atoms with E-state index in [1.165, 1.54) is 0 Å². The number of nitrogens with zero attached hydrogens (tertiary/aromatic N) is 1. The fraction of sp³-hybridized carbons (Fsp3) is 0.917. The average Bonchev–Trinajstić information content (AvgIpc) is 2.36. The van der Waals surface area contributed by atoms with E-state index in [1.807, 2.05) is 25.7 Å². The Morgan fingerprint density at radius 3 is 2.12 bits per heavy atom. The first-order valence-electron chi connectivity index (χ1n) is 6.14. The van der Waals surface area contributed by atoms with Crippen LogP contribution in [0.4, 0.5) is 4.79 Å². The van der Waals surface area contributed by atoms with Crippen molar-refractivity contribution in [3.8, 4) is 0 Å². The van der Waals surface area contributed by atoms with Gasteiger partial charge in [0, 0.05) is 18.1 Å². The summed E-state index contributed by atoms with van der Waals surface area (Å²) in [5.74, 6) is 0. The molecule has 0 aliphatic carbocycles. The fourth-order valence-corrected chi connectivity index (χ4v) is 2.83. The summed E-state index contributed by atoms with van der Waals surface area (Å²) in [6, 6.07) is 0.878. The number of amides is 1. The lowest BCUT2D eigenvalue weighted by molar-refractivity contribution is 0.00620. The van der Waals surface area contributed by atoms with Crippen LogP contribution in [0, 0.1) is 0 Å². The molecule has 4 nitrogen and oxygen atoms in total. The highest BCUT2D eigenvalue weighted by Gasteiger charge is 2.43. The Balaban J connectivity index is 0.00000144. The smallest absolute Gasteiger partial charge is 0.410 e. The number of nitrogens with two attached hydrogens (primary N) is 1. The highest BCUT2D eigenvalue weighted by molar-refractivity contribution is 5.85. The van der Waals surface area contributed by atoms with Crippen molar-refractivity contribution in [1.29, 1.82) is 0 Å². The van der Waals surface area contributed by atoms with E-state index < -0.39 is 5.60 Å². The molecule has 2 aliphatic heterocycles. The maximum Gasteiger partial charge on any atom is 0.410 e. The quantitative estimate of drug-likeness (QED) is 0.729. The van der Waals surface area contributed by atoms with Gasteiger partial charge in [-0.25, -0.2) is 4.79 Å². The second-order valence-corrected chi connectivity index (χ2v) is 6.00. The van der Waals surface area contributed by atoms with E-state index in [4.69, 9.17) is 10.5 Å². The molecular formula is C12H23ClN2O2. The molecule has 17 heavy (non-hydrogen) atoms. The molecule has 0 radical (unpaired) electrons. The SMILES string of the molecule is CC(C)(C)OC(=O)N1C2CCC1CC(N)C2.Cl. The maximum absolute atomic E-state index is 12.0. The zero-order valence-corrected chi connectivity index (χ0v) is 11.6. The lowest BCUT2D eigenvalue weighted by Gasteiger charge is -2.38. The van der Waals surface area contributed by atoms with Crippen LogP contribution in [0.1, 0.15) is 46.5 Å². The number of hydrogen-bond acceptors (Lipinski definition) is 3. The summed E-state index contributed by atoms with van der Waals surface area (Å²) in [6.07, 6.45) is 3.85. The summed E-state index contributed by atoms with van der Waals surface area (Å²) in [6.45, 7) is 5.72. The molecule has 2 fully saturated rings. The first kappa shape index (κ1) is 14.6. The number of ether oxygens (including phenoxy) is 1. The maximum atomic E-state index is 12.0. The minimum absolute atomic E-state index is 0. The minimum Gasteiger partial charge on any atom is -0.444 e. The summed E-state index contributed by atoms with van der Waals surface area (Å²) in [7, 11) is 0. The van der Waals surface area contributed by atoms with Crippen LogP contribution < -0.4 is 5.73 Å². The molecule has 2 heterocycles. The molecule has 100 valence electrons. The van der Waals surface area contributed by atoms with Gasteiger partial charge in [0.15, 0.2) is 0 Å². The van der Waals surface area contributed by atoms with Gasteiger partial charge < -0.3 is 15.4 Å². The molecule has 0 aromatic carbocycles. The van der Waals surface area contributed by atoms with Crippen LogP contribution in [0.2, 0.25) is 0 Å². The Morgan fingerprint density at radius 1 is 1.24 bits per heavy atom. The lowest BCUT2D eigenvalue weighted by atomic mass is 9.99. The van der Waals surface area contributed by atoms with Gasteiger partial charge in [-0.15, -0.1) is 12.4 Å². The van der Waals surface area contributed by atoms with E-state index in [-0.39, 0.29) is 24.5 Å². The number of hydrogen-bond donors (Lipinski definition) is 1. The first-order valence-corrected chi connectivity index (χ1v) is 6.14. The van der Waals surface area contributed by atoms with Gasteiger partial charge in [-0.05, 0) is 46.5 Å². The van der Waals surface area contributed by atoms with Crippen LogP contribution in [0.15, 0.2) is 0 Å². The Kier molecular flexibility index (Phi) is 4.31. The fourth-order valence-electron chi connectivity index (χ4n) is 2.83. The molecule has 1 amide bonds. The van der Waals surface area contributed by atoms with Crippen LogP contribution >= 0.6 is 12.4 Å². The van der Waals surface area contributed by atoms with Crippen LogP contribution in [0.3, 0.4) is 0 Å². The van der Waals surface area contributed by atoms with E-state index in [0.717, 1.165) is 25.7 Å². The minimum atomic E-state index is -0.407. The van der Waals surface area contributed by atoms with E-state index in [2.05, 4.69) is 0 Å². The standard InChI is InChI=1S/C12H22N2O2.ClH/c1-12(2,3)16-11(15)14-9-4-5-10(14)7-8(13)6-9;/h8-10H,4-7,13H2,1-3H3;1H. The van der Waals surface area contributed by atoms with Crippen LogP contribution in [0.5, 0.6) is 0 Å². The van der Waals surface area contributed by atoms with Gasteiger partial charge in [0.2, 0.25) is 0 Å². The van der Waals surface area contributed by atoms with E-state index >= 15 is 0 Å². The molecule has 2 N–H and O–H groups in total. The predicted octanol–water partition coefficient (Wildman–Crippen LogP) is 2.30. The first-order chi connectivity index (χ1) is 7.37. The van der Waals surface area contributed by atoms with Gasteiger partial charge in [0.25, 0.3) is 0 Å². The number of carbonyl (C=O) groups excluding carboxylic acids is 1. The normalized spacial score (nSPS) is 32.0. The summed E-state index contributed by atoms with van der Waals surface area (Å²) < 4.78 is 5.44. The van der Waals surface area contributed by atoms with Crippen molar-refractivity contribution in [2.45, 2.75) is 70.2 Å². The van der Waals surface area contributed by atoms with Crippen molar-refractivity contribution >= 4 is 18.5 Å². The third kappa shape index (κ3) is 3.26. The Morgan fingerprint density at radius 2 is 1.71 bits per heavy atom. The zero-order chi connectivity index (χ0) is 11.9. The monoisotopic (exact) mass is 262 g/mol. The molecule has 2 unspecified atom stereocenters. The Hall–Kier alpha value is -0.480. The van der Waals surface area contributed by atoms with Crippen LogP contribution in [0.25, 0.3) is 0 Å². The van der Waals surface area contributed by atoms with Gasteiger partial charge in [-0.1, -0.05) is 0 Å². The molecule has 2 bridgehead atoms. The highest BCUT2D eigenvalue weighted by atomic mass is 35.5. The van der Waals surface area contributed by atoms with Crippen molar-refractivity contribution in [2.24, 2.45) is 5.73 Å². The van der Waals surface area contributed by atoms with Crippen LogP contribution in [-0.2, 0) is 4.74 Å². The Labute approximate surface area is 109 Å². The molecule has 0 spiro atoms. The largest absolute Gasteiger partial charge is 0.444 e.